The molecule has 0 aromatic heterocycles. The number of halogens is 1. The van der Waals surface area contributed by atoms with Crippen molar-refractivity contribution in [3.05, 3.63) is 23.2 Å². The van der Waals surface area contributed by atoms with Crippen molar-refractivity contribution in [2.45, 2.75) is 19.8 Å². The first-order valence-electron chi connectivity index (χ1n) is 7.81. The van der Waals surface area contributed by atoms with Gasteiger partial charge >= 0.3 is 0 Å². The van der Waals surface area contributed by atoms with Gasteiger partial charge in [0.1, 0.15) is 12.3 Å². The number of nitrogens with zero attached hydrogens (tertiary/aromatic N) is 2. The van der Waals surface area contributed by atoms with Crippen LogP contribution in [-0.2, 0) is 14.8 Å². The molecule has 0 N–H and O–H groups in total. The van der Waals surface area contributed by atoms with Crippen molar-refractivity contribution in [1.29, 1.82) is 0 Å². The van der Waals surface area contributed by atoms with Crippen molar-refractivity contribution in [3.8, 4) is 5.75 Å². The van der Waals surface area contributed by atoms with Crippen LogP contribution >= 0.6 is 11.6 Å². The van der Waals surface area contributed by atoms with E-state index in [9.17, 15) is 13.2 Å². The number of hydrogen-bond acceptors (Lipinski definition) is 4. The maximum atomic E-state index is 12.5. The number of amides is 1. The van der Waals surface area contributed by atoms with Crippen LogP contribution in [0, 0.1) is 5.92 Å². The predicted octanol–water partition coefficient (Wildman–Crippen LogP) is 2.37. The van der Waals surface area contributed by atoms with Crippen LogP contribution in [0.2, 0.25) is 5.02 Å². The summed E-state index contributed by atoms with van der Waals surface area (Å²) in [5.41, 5.74) is 0.349. The average molecular weight is 375 g/mol. The quantitative estimate of drug-likeness (QED) is 0.793. The Labute approximate surface area is 148 Å². The van der Waals surface area contributed by atoms with Crippen LogP contribution in [0.5, 0.6) is 5.75 Å². The largest absolute Gasteiger partial charge is 0.495 e. The van der Waals surface area contributed by atoms with Gasteiger partial charge in [0.05, 0.1) is 24.1 Å². The third kappa shape index (κ3) is 4.54. The zero-order valence-corrected chi connectivity index (χ0v) is 15.7. The third-order valence-electron chi connectivity index (χ3n) is 4.11. The van der Waals surface area contributed by atoms with Crippen molar-refractivity contribution in [2.24, 2.45) is 5.92 Å². The standard InChI is InChI=1S/C16H23ClN2O4S/c1-12-5-4-8-18(10-12)16(20)11-19(24(3,21)22)13-6-7-15(23-2)14(17)9-13/h6-7,9,12H,4-5,8,10-11H2,1-3H3/t12-/m1/s1. The third-order valence-corrected chi connectivity index (χ3v) is 5.55. The van der Waals surface area contributed by atoms with Crippen LogP contribution in [0.4, 0.5) is 5.69 Å². The van der Waals surface area contributed by atoms with Crippen molar-refractivity contribution in [2.75, 3.05) is 37.3 Å². The molecule has 0 unspecified atom stereocenters. The van der Waals surface area contributed by atoms with Gasteiger partial charge in [-0.05, 0) is 37.0 Å². The van der Waals surface area contributed by atoms with E-state index in [-0.39, 0.29) is 12.5 Å². The summed E-state index contributed by atoms with van der Waals surface area (Å²) in [4.78, 5) is 14.3. The second kappa shape index (κ2) is 7.61. The van der Waals surface area contributed by atoms with Gasteiger partial charge in [-0.2, -0.15) is 0 Å². The minimum atomic E-state index is -3.62. The molecule has 1 aliphatic heterocycles. The Hall–Kier alpha value is -1.47. The molecule has 1 aromatic carbocycles. The molecule has 134 valence electrons. The van der Waals surface area contributed by atoms with E-state index in [2.05, 4.69) is 6.92 Å². The highest BCUT2D eigenvalue weighted by Crippen LogP contribution is 2.30. The highest BCUT2D eigenvalue weighted by molar-refractivity contribution is 7.92. The van der Waals surface area contributed by atoms with E-state index in [0.29, 0.717) is 35.5 Å². The normalized spacial score (nSPS) is 18.3. The average Bonchev–Trinajstić information content (AvgIpc) is 2.51. The molecular weight excluding hydrogens is 352 g/mol. The van der Waals surface area contributed by atoms with Crippen LogP contribution in [0.15, 0.2) is 18.2 Å². The van der Waals surface area contributed by atoms with Crippen molar-refractivity contribution < 1.29 is 17.9 Å². The Morgan fingerprint density at radius 1 is 1.46 bits per heavy atom. The van der Waals surface area contributed by atoms with Gasteiger partial charge in [-0.3, -0.25) is 9.10 Å². The van der Waals surface area contributed by atoms with Crippen LogP contribution < -0.4 is 9.04 Å². The molecule has 0 saturated carbocycles. The first-order chi connectivity index (χ1) is 11.2. The fourth-order valence-electron chi connectivity index (χ4n) is 2.85. The summed E-state index contributed by atoms with van der Waals surface area (Å²) < 4.78 is 30.5. The lowest BCUT2D eigenvalue weighted by atomic mass is 10.0. The van der Waals surface area contributed by atoms with Crippen molar-refractivity contribution in [3.63, 3.8) is 0 Å². The van der Waals surface area contributed by atoms with E-state index in [0.717, 1.165) is 23.4 Å². The van der Waals surface area contributed by atoms with E-state index in [1.165, 1.54) is 13.2 Å². The fourth-order valence-corrected chi connectivity index (χ4v) is 3.94. The van der Waals surface area contributed by atoms with Gasteiger partial charge < -0.3 is 9.64 Å². The number of piperidine rings is 1. The number of anilines is 1. The van der Waals surface area contributed by atoms with Gasteiger partial charge in [0.25, 0.3) is 0 Å². The summed E-state index contributed by atoms with van der Waals surface area (Å²) in [7, 11) is -2.13. The predicted molar refractivity (Wildman–Crippen MR) is 95.2 cm³/mol. The summed E-state index contributed by atoms with van der Waals surface area (Å²) in [6.07, 6.45) is 3.12. The molecule has 0 radical (unpaired) electrons. The van der Waals surface area contributed by atoms with Crippen molar-refractivity contribution >= 4 is 33.2 Å². The highest BCUT2D eigenvalue weighted by Gasteiger charge is 2.27. The molecule has 1 atom stereocenters. The summed E-state index contributed by atoms with van der Waals surface area (Å²) in [5.74, 6) is 0.689. The molecule has 6 nitrogen and oxygen atoms in total. The number of rotatable bonds is 5. The molecular formula is C16H23ClN2O4S. The molecule has 0 aliphatic carbocycles. The zero-order valence-electron chi connectivity index (χ0n) is 14.2. The summed E-state index contributed by atoms with van der Waals surface area (Å²) in [6.45, 7) is 3.20. The number of carbonyl (C=O) groups is 1. The highest BCUT2D eigenvalue weighted by atomic mass is 35.5. The second-order valence-electron chi connectivity index (χ2n) is 6.18. The van der Waals surface area contributed by atoms with E-state index in [1.807, 2.05) is 0 Å². The van der Waals surface area contributed by atoms with Crippen molar-refractivity contribution in [1.82, 2.24) is 4.90 Å². The number of carbonyl (C=O) groups excluding carboxylic acids is 1. The monoisotopic (exact) mass is 374 g/mol. The number of ether oxygens (including phenoxy) is 1. The van der Waals surface area contributed by atoms with Gasteiger partial charge in [-0.25, -0.2) is 8.42 Å². The first-order valence-corrected chi connectivity index (χ1v) is 10.0. The SMILES string of the molecule is COc1ccc(N(CC(=O)N2CCC[C@@H](C)C2)S(C)(=O)=O)cc1Cl. The minimum Gasteiger partial charge on any atom is -0.495 e. The molecule has 1 aromatic rings. The van der Waals surface area contributed by atoms with Gasteiger partial charge in [0.15, 0.2) is 0 Å². The van der Waals surface area contributed by atoms with Gasteiger partial charge in [0, 0.05) is 13.1 Å². The maximum absolute atomic E-state index is 12.5. The first kappa shape index (κ1) is 18.9. The number of benzene rings is 1. The molecule has 0 bridgehead atoms. The van der Waals surface area contributed by atoms with Crippen LogP contribution in [-0.4, -0.2) is 52.2 Å². The molecule has 1 fully saturated rings. The lowest BCUT2D eigenvalue weighted by molar-refractivity contribution is -0.131. The lowest BCUT2D eigenvalue weighted by Crippen LogP contribution is -2.46. The van der Waals surface area contributed by atoms with Crippen LogP contribution in [0.1, 0.15) is 19.8 Å². The van der Waals surface area contributed by atoms with Gasteiger partial charge in [-0.15, -0.1) is 0 Å². The molecule has 8 heteroatoms. The number of methoxy groups -OCH3 is 1. The summed E-state index contributed by atoms with van der Waals surface area (Å²) >= 11 is 6.09. The van der Waals surface area contributed by atoms with Crippen LogP contribution in [0.25, 0.3) is 0 Å². The molecule has 0 spiro atoms. The molecule has 1 heterocycles. The summed E-state index contributed by atoms with van der Waals surface area (Å²) in [6, 6.07) is 4.66. The number of sulfonamides is 1. The number of hydrogen-bond donors (Lipinski definition) is 0. The molecule has 1 aliphatic rings. The second-order valence-corrected chi connectivity index (χ2v) is 8.49. The lowest BCUT2D eigenvalue weighted by Gasteiger charge is -2.33. The minimum absolute atomic E-state index is 0.195. The number of likely N-dealkylation sites (tertiary alicyclic amines) is 1. The maximum Gasteiger partial charge on any atom is 0.243 e. The van der Waals surface area contributed by atoms with E-state index in [4.69, 9.17) is 16.3 Å². The van der Waals surface area contributed by atoms with E-state index >= 15 is 0 Å². The summed E-state index contributed by atoms with van der Waals surface area (Å²) in [5, 5.41) is 0.294. The Morgan fingerprint density at radius 3 is 2.71 bits per heavy atom. The van der Waals surface area contributed by atoms with Crippen LogP contribution in [0.3, 0.4) is 0 Å². The topological polar surface area (TPSA) is 66.9 Å². The molecule has 2 rings (SSSR count). The Kier molecular flexibility index (Phi) is 5.98. The van der Waals surface area contributed by atoms with E-state index < -0.39 is 10.0 Å². The molecule has 24 heavy (non-hydrogen) atoms. The van der Waals surface area contributed by atoms with E-state index in [1.54, 1.807) is 17.0 Å². The Bertz CT molecular complexity index is 708. The smallest absolute Gasteiger partial charge is 0.243 e. The molecule has 1 amide bonds. The zero-order chi connectivity index (χ0) is 17.9. The fraction of sp³-hybridized carbons (Fsp3) is 0.562. The molecule has 1 saturated heterocycles. The van der Waals surface area contributed by atoms with Gasteiger partial charge in [-0.1, -0.05) is 18.5 Å². The van der Waals surface area contributed by atoms with Gasteiger partial charge in [0.2, 0.25) is 15.9 Å². The Morgan fingerprint density at radius 2 is 2.17 bits per heavy atom. The Balaban J connectivity index is 2.23.